The fourth-order valence-corrected chi connectivity index (χ4v) is 3.28. The number of nitrogens with one attached hydrogen (secondary N) is 1. The first-order valence-electron chi connectivity index (χ1n) is 8.64. The molecular formula is C21H18N4O2S. The van der Waals surface area contributed by atoms with Crippen LogP contribution in [0.4, 0.5) is 0 Å². The van der Waals surface area contributed by atoms with E-state index in [0.29, 0.717) is 16.3 Å². The molecule has 0 saturated heterocycles. The molecule has 0 aliphatic carbocycles. The summed E-state index contributed by atoms with van der Waals surface area (Å²) in [4.78, 5) is 0. The van der Waals surface area contributed by atoms with Crippen LogP contribution in [0.25, 0.3) is 22.2 Å². The molecule has 0 amide bonds. The number of benzene rings is 3. The van der Waals surface area contributed by atoms with Crippen molar-refractivity contribution in [3.63, 3.8) is 0 Å². The van der Waals surface area contributed by atoms with Gasteiger partial charge in [-0.15, -0.1) is 0 Å². The predicted octanol–water partition coefficient (Wildman–Crippen LogP) is 4.66. The molecule has 0 fully saturated rings. The molecule has 4 aromatic rings. The van der Waals surface area contributed by atoms with Gasteiger partial charge in [-0.2, -0.15) is 14.9 Å². The minimum Gasteiger partial charge on any atom is -0.496 e. The van der Waals surface area contributed by atoms with Gasteiger partial charge < -0.3 is 9.47 Å². The van der Waals surface area contributed by atoms with Gasteiger partial charge in [-0.05, 0) is 41.2 Å². The van der Waals surface area contributed by atoms with Crippen molar-refractivity contribution in [3.8, 4) is 22.9 Å². The lowest BCUT2D eigenvalue weighted by Crippen LogP contribution is -1.98. The summed E-state index contributed by atoms with van der Waals surface area (Å²) >= 11 is 5.38. The average molecular weight is 390 g/mol. The van der Waals surface area contributed by atoms with Crippen LogP contribution in [0, 0.1) is 4.77 Å². The van der Waals surface area contributed by atoms with Crippen molar-refractivity contribution >= 4 is 29.2 Å². The highest BCUT2D eigenvalue weighted by Gasteiger charge is 2.13. The summed E-state index contributed by atoms with van der Waals surface area (Å²) in [5.74, 6) is 1.99. The molecule has 0 aliphatic rings. The van der Waals surface area contributed by atoms with Crippen molar-refractivity contribution in [3.05, 3.63) is 71.0 Å². The lowest BCUT2D eigenvalue weighted by Gasteiger charge is -2.09. The SMILES string of the molecule is COc1ccccc1-c1n[nH]c(=S)n1/N=C/c1c(OC)ccc2ccccc12. The molecule has 140 valence electrons. The van der Waals surface area contributed by atoms with E-state index in [2.05, 4.69) is 21.4 Å². The first-order chi connectivity index (χ1) is 13.7. The molecular weight excluding hydrogens is 372 g/mol. The second kappa shape index (κ2) is 7.66. The van der Waals surface area contributed by atoms with Gasteiger partial charge >= 0.3 is 0 Å². The first kappa shape index (κ1) is 17.9. The molecule has 1 aromatic heterocycles. The topological polar surface area (TPSA) is 64.4 Å². The summed E-state index contributed by atoms with van der Waals surface area (Å²) in [7, 11) is 3.26. The Bertz CT molecular complexity index is 1230. The molecule has 0 saturated carbocycles. The molecule has 28 heavy (non-hydrogen) atoms. The van der Waals surface area contributed by atoms with Gasteiger partial charge in [0.05, 0.1) is 26.0 Å². The Kier molecular flexibility index (Phi) is 4.90. The van der Waals surface area contributed by atoms with E-state index in [-0.39, 0.29) is 0 Å². The van der Waals surface area contributed by atoms with Gasteiger partial charge in [-0.3, -0.25) is 0 Å². The molecule has 4 rings (SSSR count). The predicted molar refractivity (Wildman–Crippen MR) is 113 cm³/mol. The second-order valence-corrected chi connectivity index (χ2v) is 6.40. The monoisotopic (exact) mass is 390 g/mol. The number of ether oxygens (including phenoxy) is 2. The van der Waals surface area contributed by atoms with Gasteiger partial charge in [-0.1, -0.05) is 42.5 Å². The van der Waals surface area contributed by atoms with Gasteiger partial charge in [0.15, 0.2) is 5.82 Å². The van der Waals surface area contributed by atoms with E-state index >= 15 is 0 Å². The smallest absolute Gasteiger partial charge is 0.216 e. The van der Waals surface area contributed by atoms with Crippen molar-refractivity contribution in [2.24, 2.45) is 5.10 Å². The number of aromatic amines is 1. The zero-order valence-corrected chi connectivity index (χ0v) is 16.2. The summed E-state index contributed by atoms with van der Waals surface area (Å²) < 4.78 is 12.9. The molecule has 0 radical (unpaired) electrons. The van der Waals surface area contributed by atoms with E-state index in [1.807, 2.05) is 54.6 Å². The number of aromatic nitrogens is 3. The highest BCUT2D eigenvalue weighted by Crippen LogP contribution is 2.29. The third-order valence-electron chi connectivity index (χ3n) is 4.45. The Morgan fingerprint density at radius 1 is 0.964 bits per heavy atom. The van der Waals surface area contributed by atoms with Gasteiger partial charge in [-0.25, -0.2) is 5.10 Å². The van der Waals surface area contributed by atoms with E-state index in [4.69, 9.17) is 21.7 Å². The normalized spacial score (nSPS) is 11.2. The van der Waals surface area contributed by atoms with Crippen LogP contribution in [0.1, 0.15) is 5.56 Å². The number of methoxy groups -OCH3 is 2. The Morgan fingerprint density at radius 3 is 2.54 bits per heavy atom. The molecule has 0 atom stereocenters. The van der Waals surface area contributed by atoms with Crippen molar-refractivity contribution in [1.82, 2.24) is 14.9 Å². The van der Waals surface area contributed by atoms with E-state index in [1.54, 1.807) is 25.1 Å². The fourth-order valence-electron chi connectivity index (χ4n) is 3.10. The lowest BCUT2D eigenvalue weighted by molar-refractivity contribution is 0.414. The van der Waals surface area contributed by atoms with Gasteiger partial charge in [0.1, 0.15) is 11.5 Å². The summed E-state index contributed by atoms with van der Waals surface area (Å²) in [5.41, 5.74) is 1.66. The van der Waals surface area contributed by atoms with Gasteiger partial charge in [0, 0.05) is 5.56 Å². The summed E-state index contributed by atoms with van der Waals surface area (Å²) in [6.45, 7) is 0. The molecule has 0 unspecified atom stereocenters. The number of hydrogen-bond acceptors (Lipinski definition) is 5. The standard InChI is InChI=1S/C21H18N4O2S/c1-26-18-10-6-5-9-16(18)20-23-24-21(28)25(20)22-13-17-15-8-4-3-7-14(15)11-12-19(17)27-2/h3-13H,1-2H3,(H,24,28)/b22-13+. The largest absolute Gasteiger partial charge is 0.496 e. The molecule has 1 heterocycles. The van der Waals surface area contributed by atoms with Crippen molar-refractivity contribution < 1.29 is 9.47 Å². The summed E-state index contributed by atoms with van der Waals surface area (Å²) in [5, 5.41) is 13.9. The Labute approximate surface area is 167 Å². The number of para-hydroxylation sites is 1. The number of rotatable bonds is 5. The number of H-pyrrole nitrogens is 1. The highest BCUT2D eigenvalue weighted by atomic mass is 32.1. The molecule has 0 spiro atoms. The van der Waals surface area contributed by atoms with Gasteiger partial charge in [0.25, 0.3) is 0 Å². The van der Waals surface area contributed by atoms with Crippen LogP contribution in [0.15, 0.2) is 65.8 Å². The third-order valence-corrected chi connectivity index (χ3v) is 4.72. The van der Waals surface area contributed by atoms with Crippen LogP contribution < -0.4 is 9.47 Å². The van der Waals surface area contributed by atoms with Crippen LogP contribution in [0.5, 0.6) is 11.5 Å². The molecule has 0 bridgehead atoms. The zero-order valence-electron chi connectivity index (χ0n) is 15.4. The Morgan fingerprint density at radius 2 is 1.71 bits per heavy atom. The van der Waals surface area contributed by atoms with Crippen LogP contribution in [-0.2, 0) is 0 Å². The van der Waals surface area contributed by atoms with E-state index in [1.165, 1.54) is 0 Å². The van der Waals surface area contributed by atoms with Crippen LogP contribution in [0.3, 0.4) is 0 Å². The highest BCUT2D eigenvalue weighted by molar-refractivity contribution is 7.71. The number of nitrogens with zero attached hydrogens (tertiary/aromatic N) is 3. The second-order valence-electron chi connectivity index (χ2n) is 6.01. The maximum atomic E-state index is 5.53. The van der Waals surface area contributed by atoms with Crippen LogP contribution >= 0.6 is 12.2 Å². The van der Waals surface area contributed by atoms with Crippen molar-refractivity contribution in [1.29, 1.82) is 0 Å². The minimum absolute atomic E-state index is 0.386. The van der Waals surface area contributed by atoms with Crippen LogP contribution in [-0.4, -0.2) is 35.3 Å². The maximum absolute atomic E-state index is 5.53. The summed E-state index contributed by atoms with van der Waals surface area (Å²) in [6, 6.07) is 19.6. The Balaban J connectivity index is 1.86. The lowest BCUT2D eigenvalue weighted by atomic mass is 10.0. The van der Waals surface area contributed by atoms with Crippen molar-refractivity contribution in [2.45, 2.75) is 0 Å². The van der Waals surface area contributed by atoms with Crippen LogP contribution in [0.2, 0.25) is 0 Å². The zero-order chi connectivity index (χ0) is 19.5. The Hall–Kier alpha value is -3.45. The molecule has 0 aliphatic heterocycles. The third kappa shape index (κ3) is 3.16. The molecule has 7 heteroatoms. The number of fused-ring (bicyclic) bond motifs is 1. The average Bonchev–Trinajstić information content (AvgIpc) is 3.11. The fraction of sp³-hybridized carbons (Fsp3) is 0.0952. The van der Waals surface area contributed by atoms with Gasteiger partial charge in [0.2, 0.25) is 4.77 Å². The van der Waals surface area contributed by atoms with E-state index in [0.717, 1.165) is 27.6 Å². The maximum Gasteiger partial charge on any atom is 0.216 e. The molecule has 3 aromatic carbocycles. The summed E-state index contributed by atoms with van der Waals surface area (Å²) in [6.07, 6.45) is 1.74. The molecule has 1 N–H and O–H groups in total. The van der Waals surface area contributed by atoms with E-state index < -0.39 is 0 Å². The first-order valence-corrected chi connectivity index (χ1v) is 9.04. The van der Waals surface area contributed by atoms with E-state index in [9.17, 15) is 0 Å². The minimum atomic E-state index is 0.386. The van der Waals surface area contributed by atoms with Crippen molar-refractivity contribution in [2.75, 3.05) is 14.2 Å². The molecule has 6 nitrogen and oxygen atoms in total. The quantitative estimate of drug-likeness (QED) is 0.398. The number of hydrogen-bond donors (Lipinski definition) is 1.